The number of hydrogen-bond donors (Lipinski definition) is 0. The van der Waals surface area contributed by atoms with E-state index in [1.54, 1.807) is 0 Å². The molecular formula is C34H39BrN4O2. The number of rotatable bonds is 4. The van der Waals surface area contributed by atoms with Crippen LogP contribution < -0.4 is 9.47 Å². The molecule has 2 aromatic heterocycles. The summed E-state index contributed by atoms with van der Waals surface area (Å²) in [5.74, 6) is 1.61. The Hall–Kier alpha value is -2.74. The van der Waals surface area contributed by atoms with E-state index in [1.807, 2.05) is 19.1 Å². The fourth-order valence-electron chi connectivity index (χ4n) is 7.25. The van der Waals surface area contributed by atoms with E-state index in [4.69, 9.17) is 19.4 Å². The molecule has 4 aromatic rings. The van der Waals surface area contributed by atoms with E-state index in [0.29, 0.717) is 6.61 Å². The van der Waals surface area contributed by atoms with Crippen LogP contribution in [0.1, 0.15) is 62.8 Å². The molecule has 2 aromatic carbocycles. The normalized spacial score (nSPS) is 21.1. The highest BCUT2D eigenvalue weighted by Gasteiger charge is 2.54. The van der Waals surface area contributed by atoms with Crippen LogP contribution in [0.25, 0.3) is 21.8 Å². The van der Waals surface area contributed by atoms with E-state index in [2.05, 4.69) is 68.2 Å². The summed E-state index contributed by atoms with van der Waals surface area (Å²) >= 11 is 3.65. The van der Waals surface area contributed by atoms with E-state index >= 15 is 0 Å². The lowest BCUT2D eigenvalue weighted by molar-refractivity contribution is -0.152. The number of hydrogen-bond acceptors (Lipinski definition) is 6. The number of fused-ring (bicyclic) bond motifs is 4. The minimum atomic E-state index is -0.548. The third-order valence-corrected chi connectivity index (χ3v) is 9.72. The molecule has 0 spiro atoms. The highest BCUT2D eigenvalue weighted by atomic mass is 79.9. The van der Waals surface area contributed by atoms with Gasteiger partial charge in [-0.15, -0.1) is 0 Å². The van der Waals surface area contributed by atoms with Gasteiger partial charge in [0.1, 0.15) is 6.61 Å². The van der Waals surface area contributed by atoms with E-state index in [1.165, 1.54) is 51.4 Å². The van der Waals surface area contributed by atoms with Crippen molar-refractivity contribution in [1.29, 1.82) is 0 Å². The molecule has 2 saturated heterocycles. The van der Waals surface area contributed by atoms with Gasteiger partial charge in [-0.3, -0.25) is 14.8 Å². The van der Waals surface area contributed by atoms with Crippen LogP contribution in [0.15, 0.2) is 59.1 Å². The number of halogens is 1. The first-order chi connectivity index (χ1) is 20.1. The molecule has 0 bridgehead atoms. The van der Waals surface area contributed by atoms with Gasteiger partial charge in [0.25, 0.3) is 0 Å². The molecule has 7 rings (SSSR count). The summed E-state index contributed by atoms with van der Waals surface area (Å²) in [5, 5.41) is 2.15. The topological polar surface area (TPSA) is 50.7 Å². The first-order valence-electron chi connectivity index (χ1n) is 15.4. The Balaban J connectivity index is 1.43. The molecule has 0 amide bonds. The molecule has 0 aliphatic carbocycles. The SMILES string of the molecule is Cc1ccc2c3c(ccc2n1)OCC(C(c1ccc2cc(Br)ccc2n1)(N1CCCCCC1)N1CCCCCC1)O3. The van der Waals surface area contributed by atoms with Crippen molar-refractivity contribution in [1.82, 2.24) is 19.8 Å². The molecule has 7 heteroatoms. The molecule has 5 heterocycles. The number of ether oxygens (including phenoxy) is 2. The average Bonchev–Trinajstić information content (AvgIpc) is 3.44. The smallest absolute Gasteiger partial charge is 0.171 e. The maximum absolute atomic E-state index is 7.23. The Bertz CT molecular complexity index is 1520. The molecule has 0 N–H and O–H groups in total. The summed E-state index contributed by atoms with van der Waals surface area (Å²) < 4.78 is 14.9. The summed E-state index contributed by atoms with van der Waals surface area (Å²) in [7, 11) is 0. The Morgan fingerprint density at radius 2 is 1.44 bits per heavy atom. The molecule has 0 radical (unpaired) electrons. The minimum Gasteiger partial charge on any atom is -0.486 e. The fraction of sp³-hybridized carbons (Fsp3) is 0.471. The van der Waals surface area contributed by atoms with Crippen LogP contribution in [0.5, 0.6) is 11.5 Å². The van der Waals surface area contributed by atoms with E-state index < -0.39 is 5.66 Å². The Morgan fingerprint density at radius 3 is 2.15 bits per heavy atom. The van der Waals surface area contributed by atoms with Gasteiger partial charge in [-0.1, -0.05) is 47.7 Å². The van der Waals surface area contributed by atoms with Crippen LogP contribution in [0, 0.1) is 6.92 Å². The number of nitrogens with zero attached hydrogens (tertiary/aromatic N) is 4. The minimum absolute atomic E-state index is 0.251. The van der Waals surface area contributed by atoms with Crippen LogP contribution in [0.4, 0.5) is 0 Å². The van der Waals surface area contributed by atoms with Gasteiger partial charge < -0.3 is 9.47 Å². The third-order valence-electron chi connectivity index (χ3n) is 9.23. The summed E-state index contributed by atoms with van der Waals surface area (Å²) in [6, 6.07) is 19.1. The van der Waals surface area contributed by atoms with Gasteiger partial charge in [-0.2, -0.15) is 0 Å². The highest BCUT2D eigenvalue weighted by molar-refractivity contribution is 9.10. The molecule has 1 unspecified atom stereocenters. The monoisotopic (exact) mass is 614 g/mol. The summed E-state index contributed by atoms with van der Waals surface area (Å²) in [6.45, 7) is 6.62. The third kappa shape index (κ3) is 5.00. The molecule has 0 saturated carbocycles. The van der Waals surface area contributed by atoms with Gasteiger partial charge in [-0.05, 0) is 81.1 Å². The number of benzene rings is 2. The predicted molar refractivity (Wildman–Crippen MR) is 168 cm³/mol. The standard InChI is InChI=1S/C34H39BrN4O2/c1-24-10-13-27-29(36-24)15-16-30-33(27)41-32(23-40-30)34(38-18-6-2-3-7-19-38,39-20-8-4-5-9-21-39)31-17-11-25-22-26(35)12-14-28(25)37-31/h10-17,22,32H,2-9,18-21,23H2,1H3. The van der Waals surface area contributed by atoms with Gasteiger partial charge in [0.2, 0.25) is 0 Å². The second-order valence-electron chi connectivity index (χ2n) is 11.9. The number of pyridine rings is 2. The van der Waals surface area contributed by atoms with E-state index in [0.717, 1.165) is 75.3 Å². The van der Waals surface area contributed by atoms with Crippen molar-refractivity contribution in [2.75, 3.05) is 32.8 Å². The molecule has 214 valence electrons. The van der Waals surface area contributed by atoms with Crippen molar-refractivity contribution in [3.05, 3.63) is 70.5 Å². The van der Waals surface area contributed by atoms with Crippen LogP contribution in [-0.4, -0.2) is 58.7 Å². The van der Waals surface area contributed by atoms with Crippen LogP contribution in [0.3, 0.4) is 0 Å². The number of likely N-dealkylation sites (tertiary alicyclic amines) is 2. The summed E-state index contributed by atoms with van der Waals surface area (Å²) in [4.78, 5) is 15.7. The molecule has 3 aliphatic heterocycles. The summed E-state index contributed by atoms with van der Waals surface area (Å²) in [6.07, 6.45) is 9.58. The van der Waals surface area contributed by atoms with Crippen molar-refractivity contribution in [2.45, 2.75) is 70.1 Å². The quantitative estimate of drug-likeness (QED) is 0.236. The zero-order valence-electron chi connectivity index (χ0n) is 23.9. The predicted octanol–water partition coefficient (Wildman–Crippen LogP) is 7.60. The summed E-state index contributed by atoms with van der Waals surface area (Å²) in [5.41, 5.74) is 3.48. The molecule has 6 nitrogen and oxygen atoms in total. The molecule has 1 atom stereocenters. The van der Waals surface area contributed by atoms with Crippen molar-refractivity contribution < 1.29 is 9.47 Å². The van der Waals surface area contributed by atoms with Crippen molar-refractivity contribution in [2.24, 2.45) is 0 Å². The first-order valence-corrected chi connectivity index (χ1v) is 16.2. The van der Waals surface area contributed by atoms with Crippen molar-refractivity contribution >= 4 is 37.7 Å². The second-order valence-corrected chi connectivity index (χ2v) is 12.8. The zero-order valence-corrected chi connectivity index (χ0v) is 25.5. The lowest BCUT2D eigenvalue weighted by atomic mass is 9.91. The van der Waals surface area contributed by atoms with Crippen molar-refractivity contribution in [3.63, 3.8) is 0 Å². The van der Waals surface area contributed by atoms with Crippen LogP contribution in [-0.2, 0) is 5.66 Å². The van der Waals surface area contributed by atoms with Crippen molar-refractivity contribution in [3.8, 4) is 11.5 Å². The van der Waals surface area contributed by atoms with Gasteiger partial charge in [0.15, 0.2) is 23.3 Å². The molecular weight excluding hydrogens is 576 g/mol. The van der Waals surface area contributed by atoms with E-state index in [-0.39, 0.29) is 6.10 Å². The number of aromatic nitrogens is 2. The maximum atomic E-state index is 7.23. The second kappa shape index (κ2) is 11.5. The van der Waals surface area contributed by atoms with Gasteiger partial charge in [-0.25, -0.2) is 4.98 Å². The zero-order chi connectivity index (χ0) is 27.8. The largest absolute Gasteiger partial charge is 0.486 e. The Kier molecular flexibility index (Phi) is 7.61. The van der Waals surface area contributed by atoms with Gasteiger partial charge in [0, 0.05) is 47.1 Å². The molecule has 41 heavy (non-hydrogen) atoms. The average molecular weight is 616 g/mol. The lowest BCUT2D eigenvalue weighted by Gasteiger charge is -2.54. The van der Waals surface area contributed by atoms with Crippen LogP contribution >= 0.6 is 15.9 Å². The fourth-order valence-corrected chi connectivity index (χ4v) is 7.63. The first kappa shape index (κ1) is 27.1. The number of aryl methyl sites for hydroxylation is 1. The Labute approximate surface area is 251 Å². The van der Waals surface area contributed by atoms with Gasteiger partial charge in [0.05, 0.1) is 16.7 Å². The molecule has 2 fully saturated rings. The highest BCUT2D eigenvalue weighted by Crippen LogP contribution is 2.46. The van der Waals surface area contributed by atoms with Crippen LogP contribution in [0.2, 0.25) is 0 Å². The maximum Gasteiger partial charge on any atom is 0.171 e. The lowest BCUT2D eigenvalue weighted by Crippen LogP contribution is -2.68. The van der Waals surface area contributed by atoms with Gasteiger partial charge >= 0.3 is 0 Å². The molecule has 3 aliphatic rings. The Morgan fingerprint density at radius 1 is 0.756 bits per heavy atom. The van der Waals surface area contributed by atoms with E-state index in [9.17, 15) is 0 Å².